The summed E-state index contributed by atoms with van der Waals surface area (Å²) < 4.78 is 40.4. The number of hydrogen-bond donors (Lipinski definition) is 2. The Morgan fingerprint density at radius 1 is 1.47 bits per heavy atom. The molecule has 1 atom stereocenters. The van der Waals surface area contributed by atoms with Gasteiger partial charge in [0.2, 0.25) is 10.0 Å². The first-order valence-corrected chi connectivity index (χ1v) is 7.63. The number of nitrogens with one attached hydrogen (secondary N) is 1. The van der Waals surface area contributed by atoms with Crippen LogP contribution in [-0.2, 0) is 10.0 Å². The lowest BCUT2D eigenvalue weighted by molar-refractivity contribution is 0.394. The summed E-state index contributed by atoms with van der Waals surface area (Å²) in [4.78, 5) is 0. The van der Waals surface area contributed by atoms with E-state index in [2.05, 4.69) is 5.32 Å². The zero-order valence-corrected chi connectivity index (χ0v) is 11.8. The molecular formula is C12H19FN2O3S. The fourth-order valence-corrected chi connectivity index (χ4v) is 2.36. The fraction of sp³-hybridized carbons (Fsp3) is 0.500. The second-order valence-corrected chi connectivity index (χ2v) is 5.99. The van der Waals surface area contributed by atoms with Crippen LogP contribution in [0.1, 0.15) is 24.9 Å². The minimum absolute atomic E-state index is 0.0961. The van der Waals surface area contributed by atoms with Crippen molar-refractivity contribution in [3.8, 4) is 5.75 Å². The minimum Gasteiger partial charge on any atom is -0.496 e. The molecule has 0 aliphatic heterocycles. The van der Waals surface area contributed by atoms with Crippen LogP contribution in [0, 0.1) is 5.82 Å². The van der Waals surface area contributed by atoms with Crippen LogP contribution in [0.3, 0.4) is 0 Å². The molecule has 0 heterocycles. The number of primary sulfonamides is 1. The highest BCUT2D eigenvalue weighted by Crippen LogP contribution is 2.27. The first-order valence-electron chi connectivity index (χ1n) is 5.91. The van der Waals surface area contributed by atoms with E-state index in [0.717, 1.165) is 0 Å². The van der Waals surface area contributed by atoms with Crippen LogP contribution < -0.4 is 15.2 Å². The molecule has 1 unspecified atom stereocenters. The predicted octanol–water partition coefficient (Wildman–Crippen LogP) is 1.16. The Bertz CT molecular complexity index is 520. The van der Waals surface area contributed by atoms with Gasteiger partial charge in [0.05, 0.1) is 12.9 Å². The number of nitrogens with two attached hydrogens (primary N) is 1. The molecule has 0 spiro atoms. The second-order valence-electron chi connectivity index (χ2n) is 4.25. The molecule has 0 aliphatic rings. The summed E-state index contributed by atoms with van der Waals surface area (Å²) in [5.74, 6) is 0.0125. The molecule has 7 heteroatoms. The highest BCUT2D eigenvalue weighted by atomic mass is 32.2. The lowest BCUT2D eigenvalue weighted by Gasteiger charge is -2.17. The maximum Gasteiger partial charge on any atom is 0.209 e. The molecule has 0 fully saturated rings. The van der Waals surface area contributed by atoms with Gasteiger partial charge in [0.15, 0.2) is 0 Å². The molecule has 1 aromatic rings. The van der Waals surface area contributed by atoms with Crippen molar-refractivity contribution in [2.75, 3.05) is 19.4 Å². The number of methoxy groups -OCH3 is 1. The lowest BCUT2D eigenvalue weighted by atomic mass is 10.1. The second kappa shape index (κ2) is 6.83. The number of rotatable bonds is 7. The zero-order chi connectivity index (χ0) is 14.5. The minimum atomic E-state index is -3.45. The van der Waals surface area contributed by atoms with Crippen molar-refractivity contribution in [2.24, 2.45) is 5.14 Å². The number of ether oxygens (including phenoxy) is 1. The van der Waals surface area contributed by atoms with Gasteiger partial charge in [-0.3, -0.25) is 0 Å². The first-order chi connectivity index (χ1) is 8.85. The maximum absolute atomic E-state index is 13.8. The summed E-state index contributed by atoms with van der Waals surface area (Å²) in [7, 11) is -1.97. The first kappa shape index (κ1) is 15.9. The number of benzene rings is 1. The molecule has 0 saturated heterocycles. The molecule has 1 aromatic carbocycles. The maximum atomic E-state index is 13.8. The van der Waals surface area contributed by atoms with Crippen LogP contribution in [0.15, 0.2) is 18.2 Å². The molecule has 0 aliphatic carbocycles. The molecule has 19 heavy (non-hydrogen) atoms. The highest BCUT2D eigenvalue weighted by Gasteiger charge is 2.15. The summed E-state index contributed by atoms with van der Waals surface area (Å²) in [6, 6.07) is 4.34. The highest BCUT2D eigenvalue weighted by molar-refractivity contribution is 7.89. The molecule has 0 saturated carbocycles. The smallest absolute Gasteiger partial charge is 0.209 e. The Hall–Kier alpha value is -1.18. The van der Waals surface area contributed by atoms with Gasteiger partial charge in [-0.2, -0.15) is 0 Å². The predicted molar refractivity (Wildman–Crippen MR) is 72.0 cm³/mol. The van der Waals surface area contributed by atoms with E-state index in [1.165, 1.54) is 13.2 Å². The van der Waals surface area contributed by atoms with Crippen LogP contribution >= 0.6 is 0 Å². The van der Waals surface area contributed by atoms with Gasteiger partial charge in [0.25, 0.3) is 0 Å². The van der Waals surface area contributed by atoms with Crippen LogP contribution in [-0.4, -0.2) is 27.8 Å². The normalized spacial score (nSPS) is 13.3. The molecule has 5 nitrogen and oxygen atoms in total. The summed E-state index contributed by atoms with van der Waals surface area (Å²) in [5, 5.41) is 7.94. The van der Waals surface area contributed by atoms with Gasteiger partial charge in [-0.05, 0) is 32.0 Å². The van der Waals surface area contributed by atoms with E-state index >= 15 is 0 Å². The van der Waals surface area contributed by atoms with Crippen molar-refractivity contribution in [3.05, 3.63) is 29.6 Å². The van der Waals surface area contributed by atoms with E-state index in [1.54, 1.807) is 19.1 Å². The van der Waals surface area contributed by atoms with Gasteiger partial charge in [0.1, 0.15) is 11.6 Å². The van der Waals surface area contributed by atoms with Crippen molar-refractivity contribution in [1.29, 1.82) is 0 Å². The lowest BCUT2D eigenvalue weighted by Crippen LogP contribution is -2.25. The number of sulfonamides is 1. The Morgan fingerprint density at radius 2 is 2.16 bits per heavy atom. The third kappa shape index (κ3) is 5.14. The van der Waals surface area contributed by atoms with E-state index in [0.29, 0.717) is 24.3 Å². The van der Waals surface area contributed by atoms with E-state index < -0.39 is 10.0 Å². The Kier molecular flexibility index (Phi) is 5.71. The molecule has 3 N–H and O–H groups in total. The van der Waals surface area contributed by atoms with Crippen molar-refractivity contribution in [3.63, 3.8) is 0 Å². The Balaban J connectivity index is 2.61. The van der Waals surface area contributed by atoms with E-state index in [9.17, 15) is 12.8 Å². The average Bonchev–Trinajstić information content (AvgIpc) is 2.32. The number of hydrogen-bond acceptors (Lipinski definition) is 4. The monoisotopic (exact) mass is 290 g/mol. The standard InChI is InChI=1S/C12H19FN2O3S/c1-9(15-7-4-8-19(14,16)17)12-10(13)5-3-6-11(12)18-2/h3,5-6,9,15H,4,7-8H2,1-2H3,(H2,14,16,17). The van der Waals surface area contributed by atoms with Crippen molar-refractivity contribution in [2.45, 2.75) is 19.4 Å². The topological polar surface area (TPSA) is 81.4 Å². The largest absolute Gasteiger partial charge is 0.496 e. The molecule has 1 rings (SSSR count). The van der Waals surface area contributed by atoms with E-state index in [4.69, 9.17) is 9.88 Å². The van der Waals surface area contributed by atoms with Gasteiger partial charge in [0, 0.05) is 11.6 Å². The molecule has 108 valence electrons. The van der Waals surface area contributed by atoms with Crippen LogP contribution in [0.2, 0.25) is 0 Å². The SMILES string of the molecule is COc1cccc(F)c1C(C)NCCCS(N)(=O)=O. The zero-order valence-electron chi connectivity index (χ0n) is 11.0. The molecule has 0 aromatic heterocycles. The molecule has 0 radical (unpaired) electrons. The van der Waals surface area contributed by atoms with Crippen molar-refractivity contribution < 1.29 is 17.5 Å². The summed E-state index contributed by atoms with van der Waals surface area (Å²) in [6.07, 6.45) is 0.375. The quantitative estimate of drug-likeness (QED) is 0.738. The van der Waals surface area contributed by atoms with Crippen molar-refractivity contribution in [1.82, 2.24) is 5.32 Å². The molecule has 0 amide bonds. The molecular weight excluding hydrogens is 271 g/mol. The summed E-state index contributed by atoms with van der Waals surface area (Å²) in [6.45, 7) is 2.22. The van der Waals surface area contributed by atoms with Gasteiger partial charge >= 0.3 is 0 Å². The Morgan fingerprint density at radius 3 is 2.74 bits per heavy atom. The van der Waals surface area contributed by atoms with E-state index in [1.807, 2.05) is 0 Å². The van der Waals surface area contributed by atoms with Gasteiger partial charge in [-0.25, -0.2) is 17.9 Å². The summed E-state index contributed by atoms with van der Waals surface area (Å²) in [5.41, 5.74) is 0.431. The summed E-state index contributed by atoms with van der Waals surface area (Å²) >= 11 is 0. The third-order valence-electron chi connectivity index (χ3n) is 2.72. The van der Waals surface area contributed by atoms with Crippen LogP contribution in [0.25, 0.3) is 0 Å². The van der Waals surface area contributed by atoms with Gasteiger partial charge < -0.3 is 10.1 Å². The van der Waals surface area contributed by atoms with Crippen LogP contribution in [0.5, 0.6) is 5.75 Å². The van der Waals surface area contributed by atoms with Crippen LogP contribution in [0.4, 0.5) is 4.39 Å². The fourth-order valence-electron chi connectivity index (χ4n) is 1.81. The van der Waals surface area contributed by atoms with Crippen molar-refractivity contribution >= 4 is 10.0 Å². The van der Waals surface area contributed by atoms with Gasteiger partial charge in [-0.15, -0.1) is 0 Å². The third-order valence-corrected chi connectivity index (χ3v) is 3.58. The Labute approximate surface area is 113 Å². The van der Waals surface area contributed by atoms with E-state index in [-0.39, 0.29) is 17.6 Å². The average molecular weight is 290 g/mol. The van der Waals surface area contributed by atoms with Gasteiger partial charge in [-0.1, -0.05) is 6.07 Å². The molecule has 0 bridgehead atoms. The number of halogens is 1.